The van der Waals surface area contributed by atoms with Crippen molar-refractivity contribution in [3.05, 3.63) is 35.4 Å². The van der Waals surface area contributed by atoms with Crippen molar-refractivity contribution in [3.63, 3.8) is 0 Å². The number of hydrogen-bond acceptors (Lipinski definition) is 1. The molecule has 1 heteroatoms. The molecule has 0 unspecified atom stereocenters. The summed E-state index contributed by atoms with van der Waals surface area (Å²) in [6.07, 6.45) is 9.34. The van der Waals surface area contributed by atoms with E-state index in [9.17, 15) is 4.79 Å². The summed E-state index contributed by atoms with van der Waals surface area (Å²) in [5.74, 6) is 1.23. The molecule has 1 fully saturated rings. The van der Waals surface area contributed by atoms with Crippen LogP contribution in [0.3, 0.4) is 0 Å². The van der Waals surface area contributed by atoms with Crippen LogP contribution in [0.4, 0.5) is 0 Å². The molecule has 0 atom stereocenters. The van der Waals surface area contributed by atoms with E-state index in [4.69, 9.17) is 0 Å². The van der Waals surface area contributed by atoms with Crippen molar-refractivity contribution in [2.75, 3.05) is 0 Å². The van der Waals surface area contributed by atoms with E-state index in [1.807, 2.05) is 6.07 Å². The smallest absolute Gasteiger partial charge is 0.137 e. The Morgan fingerprint density at radius 3 is 2.72 bits per heavy atom. The average Bonchev–Trinajstić information content (AvgIpc) is 2.38. The quantitative estimate of drug-likeness (QED) is 0.747. The SMILES string of the molecule is Cc1cccc(CC(=O)CCC2CCCCC2)c1. The van der Waals surface area contributed by atoms with Crippen molar-refractivity contribution in [3.8, 4) is 0 Å². The van der Waals surface area contributed by atoms with E-state index in [0.29, 0.717) is 12.2 Å². The summed E-state index contributed by atoms with van der Waals surface area (Å²) in [5.41, 5.74) is 2.41. The fourth-order valence-corrected chi connectivity index (χ4v) is 2.98. The Balaban J connectivity index is 1.74. The molecule has 0 amide bonds. The van der Waals surface area contributed by atoms with Crippen LogP contribution in [0.5, 0.6) is 0 Å². The number of hydrogen-bond donors (Lipinski definition) is 0. The Bertz CT molecular complexity index is 388. The van der Waals surface area contributed by atoms with E-state index in [-0.39, 0.29) is 0 Å². The first kappa shape index (κ1) is 13.3. The van der Waals surface area contributed by atoms with Gasteiger partial charge in [-0.2, -0.15) is 0 Å². The van der Waals surface area contributed by atoms with E-state index in [1.165, 1.54) is 43.2 Å². The summed E-state index contributed by atoms with van der Waals surface area (Å²) in [4.78, 5) is 12.0. The second kappa shape index (κ2) is 6.72. The van der Waals surface area contributed by atoms with Gasteiger partial charge in [0, 0.05) is 12.8 Å². The fraction of sp³-hybridized carbons (Fsp3) is 0.588. The lowest BCUT2D eigenvalue weighted by Gasteiger charge is -2.20. The van der Waals surface area contributed by atoms with E-state index >= 15 is 0 Å². The van der Waals surface area contributed by atoms with Crippen LogP contribution in [0.25, 0.3) is 0 Å². The highest BCUT2D eigenvalue weighted by molar-refractivity contribution is 5.80. The number of ketones is 1. The highest BCUT2D eigenvalue weighted by atomic mass is 16.1. The standard InChI is InChI=1S/C17H24O/c1-14-6-5-9-16(12-14)13-17(18)11-10-15-7-3-2-4-8-15/h5-6,9,12,15H,2-4,7-8,10-11,13H2,1H3. The highest BCUT2D eigenvalue weighted by Gasteiger charge is 2.14. The summed E-state index contributed by atoms with van der Waals surface area (Å²) in [6, 6.07) is 8.30. The van der Waals surface area contributed by atoms with Gasteiger partial charge in [0.25, 0.3) is 0 Å². The van der Waals surface area contributed by atoms with Crippen LogP contribution in [0.2, 0.25) is 0 Å². The summed E-state index contributed by atoms with van der Waals surface area (Å²) >= 11 is 0. The van der Waals surface area contributed by atoms with Gasteiger partial charge in [-0.1, -0.05) is 61.9 Å². The normalized spacial score (nSPS) is 16.7. The number of rotatable bonds is 5. The van der Waals surface area contributed by atoms with Crippen LogP contribution in [0, 0.1) is 12.8 Å². The number of benzene rings is 1. The Morgan fingerprint density at radius 1 is 1.22 bits per heavy atom. The van der Waals surface area contributed by atoms with Crippen LogP contribution in [0.15, 0.2) is 24.3 Å². The highest BCUT2D eigenvalue weighted by Crippen LogP contribution is 2.27. The van der Waals surface area contributed by atoms with Gasteiger partial charge in [-0.25, -0.2) is 0 Å². The lowest BCUT2D eigenvalue weighted by atomic mass is 9.85. The molecule has 98 valence electrons. The Hall–Kier alpha value is -1.11. The van der Waals surface area contributed by atoms with Gasteiger partial charge in [0.1, 0.15) is 5.78 Å². The minimum Gasteiger partial charge on any atom is -0.299 e. The molecule has 0 heterocycles. The average molecular weight is 244 g/mol. The Labute approximate surface area is 111 Å². The Kier molecular flexibility index (Phi) is 4.98. The maximum Gasteiger partial charge on any atom is 0.137 e. The van der Waals surface area contributed by atoms with Crippen molar-refractivity contribution in [1.29, 1.82) is 0 Å². The van der Waals surface area contributed by atoms with Gasteiger partial charge in [-0.15, -0.1) is 0 Å². The first-order valence-electron chi connectivity index (χ1n) is 7.31. The van der Waals surface area contributed by atoms with Gasteiger partial charge in [0.15, 0.2) is 0 Å². The molecular weight excluding hydrogens is 220 g/mol. The molecule has 0 saturated heterocycles. The van der Waals surface area contributed by atoms with Gasteiger partial charge in [-0.3, -0.25) is 4.79 Å². The topological polar surface area (TPSA) is 17.1 Å². The van der Waals surface area contributed by atoms with E-state index in [1.54, 1.807) is 0 Å². The number of aryl methyl sites for hydroxylation is 1. The van der Waals surface area contributed by atoms with Gasteiger partial charge in [-0.05, 0) is 24.8 Å². The molecule has 0 radical (unpaired) electrons. The summed E-state index contributed by atoms with van der Waals surface area (Å²) < 4.78 is 0. The maximum atomic E-state index is 12.0. The third-order valence-electron chi connectivity index (χ3n) is 4.04. The van der Waals surface area contributed by atoms with Crippen molar-refractivity contribution < 1.29 is 4.79 Å². The number of carbonyl (C=O) groups is 1. The van der Waals surface area contributed by atoms with Crippen LogP contribution in [0.1, 0.15) is 56.1 Å². The third kappa shape index (κ3) is 4.29. The summed E-state index contributed by atoms with van der Waals surface area (Å²) in [7, 11) is 0. The van der Waals surface area contributed by atoms with Crippen LogP contribution < -0.4 is 0 Å². The van der Waals surface area contributed by atoms with Crippen LogP contribution in [-0.4, -0.2) is 5.78 Å². The molecule has 1 aliphatic rings. The molecule has 1 aromatic rings. The molecule has 1 aliphatic carbocycles. The van der Waals surface area contributed by atoms with Crippen molar-refractivity contribution in [1.82, 2.24) is 0 Å². The zero-order valence-electron chi connectivity index (χ0n) is 11.5. The van der Waals surface area contributed by atoms with Crippen molar-refractivity contribution in [2.45, 2.75) is 58.3 Å². The van der Waals surface area contributed by atoms with E-state index in [0.717, 1.165) is 18.8 Å². The second-order valence-corrected chi connectivity index (χ2v) is 5.75. The molecule has 0 bridgehead atoms. The fourth-order valence-electron chi connectivity index (χ4n) is 2.98. The first-order valence-corrected chi connectivity index (χ1v) is 7.31. The molecule has 2 rings (SSSR count). The Morgan fingerprint density at radius 2 is 2.00 bits per heavy atom. The molecule has 1 aromatic carbocycles. The molecule has 1 saturated carbocycles. The molecule has 18 heavy (non-hydrogen) atoms. The lowest BCUT2D eigenvalue weighted by Crippen LogP contribution is -2.10. The number of Topliss-reactive ketones (excluding diaryl/α,β-unsaturated/α-hetero) is 1. The molecule has 1 nitrogen and oxygen atoms in total. The van der Waals surface area contributed by atoms with Gasteiger partial charge < -0.3 is 0 Å². The van der Waals surface area contributed by atoms with Crippen molar-refractivity contribution >= 4 is 5.78 Å². The predicted molar refractivity (Wildman–Crippen MR) is 75.7 cm³/mol. The minimum absolute atomic E-state index is 0.408. The first-order chi connectivity index (χ1) is 8.74. The van der Waals surface area contributed by atoms with Crippen LogP contribution in [-0.2, 0) is 11.2 Å². The van der Waals surface area contributed by atoms with Crippen molar-refractivity contribution in [2.24, 2.45) is 5.92 Å². The maximum absolute atomic E-state index is 12.0. The van der Waals surface area contributed by atoms with E-state index in [2.05, 4.69) is 25.1 Å². The van der Waals surface area contributed by atoms with Gasteiger partial charge in [0.05, 0.1) is 0 Å². The zero-order chi connectivity index (χ0) is 12.8. The zero-order valence-corrected chi connectivity index (χ0v) is 11.5. The monoisotopic (exact) mass is 244 g/mol. The molecular formula is C17H24O. The third-order valence-corrected chi connectivity index (χ3v) is 4.04. The van der Waals surface area contributed by atoms with Gasteiger partial charge in [0.2, 0.25) is 0 Å². The largest absolute Gasteiger partial charge is 0.299 e. The second-order valence-electron chi connectivity index (χ2n) is 5.75. The lowest BCUT2D eigenvalue weighted by molar-refractivity contribution is -0.118. The molecule has 0 aromatic heterocycles. The van der Waals surface area contributed by atoms with Gasteiger partial charge >= 0.3 is 0 Å². The minimum atomic E-state index is 0.408. The summed E-state index contributed by atoms with van der Waals surface area (Å²) in [6.45, 7) is 2.08. The number of carbonyl (C=O) groups excluding carboxylic acids is 1. The molecule has 0 N–H and O–H groups in total. The molecule has 0 spiro atoms. The van der Waals surface area contributed by atoms with E-state index < -0.39 is 0 Å². The predicted octanol–water partition coefficient (Wildman–Crippen LogP) is 4.47. The summed E-state index contributed by atoms with van der Waals surface area (Å²) in [5, 5.41) is 0. The van der Waals surface area contributed by atoms with Crippen LogP contribution >= 0.6 is 0 Å². The molecule has 0 aliphatic heterocycles.